The largest absolute Gasteiger partial charge is 0.364 e. The minimum Gasteiger partial charge on any atom is -0.364 e. The maximum absolute atomic E-state index is 4.68. The average Bonchev–Trinajstić information content (AvgIpc) is 1.83. The fourth-order valence-corrected chi connectivity index (χ4v) is 0.232. The lowest BCUT2D eigenvalue weighted by atomic mass is 10.9. The third kappa shape index (κ3) is 3.55. The van der Waals surface area contributed by atoms with E-state index < -0.39 is 0 Å². The van der Waals surface area contributed by atoms with Crippen LogP contribution in [0.15, 0.2) is 5.10 Å². The Bertz CT molecular complexity index is 99.5. The van der Waals surface area contributed by atoms with Crippen molar-refractivity contribution in [2.45, 2.75) is 6.92 Å². The summed E-state index contributed by atoms with van der Waals surface area (Å²) in [6.07, 6.45) is 1.63. The Balaban J connectivity index is 3.25. The van der Waals surface area contributed by atoms with Crippen molar-refractivity contribution in [1.29, 1.82) is 0 Å². The molecule has 0 rings (SSSR count). The molecule has 0 saturated heterocycles. The number of hydrazone groups is 1. The molecule has 0 unspecified atom stereocenters. The maximum atomic E-state index is 4.68. The minimum absolute atomic E-state index is 0.531. The van der Waals surface area contributed by atoms with E-state index in [1.807, 2.05) is 6.92 Å². The molecule has 46 valence electrons. The van der Waals surface area contributed by atoms with Crippen LogP contribution in [0.3, 0.4) is 0 Å². The molecule has 0 radical (unpaired) electrons. The Morgan fingerprint density at radius 1 is 1.75 bits per heavy atom. The minimum atomic E-state index is 0.531. The van der Waals surface area contributed by atoms with Crippen LogP contribution in [-0.4, -0.2) is 18.4 Å². The van der Waals surface area contributed by atoms with Gasteiger partial charge in [0.1, 0.15) is 0 Å². The van der Waals surface area contributed by atoms with Crippen molar-refractivity contribution in [3.8, 4) is 0 Å². The zero-order valence-corrected chi connectivity index (χ0v) is 5.75. The van der Waals surface area contributed by atoms with Crippen molar-refractivity contribution in [1.82, 2.24) is 10.7 Å². The third-order valence-electron chi connectivity index (χ3n) is 0.522. The van der Waals surface area contributed by atoms with Crippen LogP contribution in [0, 0.1) is 0 Å². The van der Waals surface area contributed by atoms with Gasteiger partial charge in [-0.2, -0.15) is 5.10 Å². The van der Waals surface area contributed by atoms with E-state index in [-0.39, 0.29) is 0 Å². The van der Waals surface area contributed by atoms with Gasteiger partial charge >= 0.3 is 0 Å². The number of rotatable bonds is 1. The summed E-state index contributed by atoms with van der Waals surface area (Å²) in [5.41, 5.74) is 2.57. The van der Waals surface area contributed by atoms with Gasteiger partial charge in [0.25, 0.3) is 0 Å². The van der Waals surface area contributed by atoms with Gasteiger partial charge in [-0.3, -0.25) is 5.43 Å². The maximum Gasteiger partial charge on any atom is 0.186 e. The first-order valence-electron chi connectivity index (χ1n) is 2.26. The molecular formula is C4H9N3S. The van der Waals surface area contributed by atoms with Crippen LogP contribution in [0.5, 0.6) is 0 Å². The normalized spacial score (nSPS) is 9.25. The summed E-state index contributed by atoms with van der Waals surface area (Å²) in [6, 6.07) is 0. The number of nitrogens with zero attached hydrogens (tertiary/aromatic N) is 1. The van der Waals surface area contributed by atoms with Gasteiger partial charge in [0.2, 0.25) is 0 Å². The van der Waals surface area contributed by atoms with Gasteiger partial charge in [0.05, 0.1) is 0 Å². The van der Waals surface area contributed by atoms with E-state index >= 15 is 0 Å². The lowest BCUT2D eigenvalue weighted by Gasteiger charge is -1.97. The Hall–Kier alpha value is -0.640. The topological polar surface area (TPSA) is 36.4 Å². The molecular weight excluding hydrogens is 122 g/mol. The quantitative estimate of drug-likeness (QED) is 0.301. The van der Waals surface area contributed by atoms with Gasteiger partial charge in [-0.1, -0.05) is 0 Å². The standard InChI is InChI=1S/C4H9N3S/c1-3-6-7-4(8)5-2/h3H,1-2H3,(H2,5,7,8)/b6-3-. The van der Waals surface area contributed by atoms with E-state index in [1.54, 1.807) is 13.3 Å². The Kier molecular flexibility index (Phi) is 4.16. The molecule has 0 aromatic heterocycles. The molecule has 8 heavy (non-hydrogen) atoms. The van der Waals surface area contributed by atoms with Crippen LogP contribution in [0.2, 0.25) is 0 Å². The predicted octanol–water partition coefficient (Wildman–Crippen LogP) is 0.0860. The summed E-state index contributed by atoms with van der Waals surface area (Å²) in [5, 5.41) is 6.90. The summed E-state index contributed by atoms with van der Waals surface area (Å²) in [5.74, 6) is 0. The van der Waals surface area contributed by atoms with Gasteiger partial charge in [0, 0.05) is 13.3 Å². The molecule has 0 aromatic rings. The summed E-state index contributed by atoms with van der Waals surface area (Å²) in [4.78, 5) is 0. The summed E-state index contributed by atoms with van der Waals surface area (Å²) < 4.78 is 0. The highest BCUT2D eigenvalue weighted by atomic mass is 32.1. The van der Waals surface area contributed by atoms with Gasteiger partial charge in [0.15, 0.2) is 5.11 Å². The molecule has 0 fully saturated rings. The van der Waals surface area contributed by atoms with Gasteiger partial charge in [-0.15, -0.1) is 0 Å². The highest BCUT2D eigenvalue weighted by molar-refractivity contribution is 7.80. The molecule has 0 aromatic carbocycles. The molecule has 0 saturated carbocycles. The Labute approximate surface area is 54.2 Å². The summed E-state index contributed by atoms with van der Waals surface area (Å²) in [6.45, 7) is 1.81. The third-order valence-corrected chi connectivity index (χ3v) is 0.818. The van der Waals surface area contributed by atoms with E-state index in [0.29, 0.717) is 5.11 Å². The van der Waals surface area contributed by atoms with Crippen LogP contribution in [0.4, 0.5) is 0 Å². The molecule has 0 aliphatic carbocycles. The van der Waals surface area contributed by atoms with Gasteiger partial charge in [-0.25, -0.2) is 0 Å². The fourth-order valence-electron chi connectivity index (χ4n) is 0.179. The van der Waals surface area contributed by atoms with Crippen LogP contribution >= 0.6 is 12.2 Å². The monoisotopic (exact) mass is 131 g/mol. The van der Waals surface area contributed by atoms with Gasteiger partial charge < -0.3 is 5.32 Å². The van der Waals surface area contributed by atoms with Crippen molar-refractivity contribution in [3.05, 3.63) is 0 Å². The number of nitrogens with one attached hydrogen (secondary N) is 2. The lowest BCUT2D eigenvalue weighted by molar-refractivity contribution is 0.981. The van der Waals surface area contributed by atoms with E-state index in [1.165, 1.54) is 0 Å². The number of hydrogen-bond acceptors (Lipinski definition) is 2. The van der Waals surface area contributed by atoms with E-state index in [4.69, 9.17) is 0 Å². The van der Waals surface area contributed by atoms with Crippen LogP contribution in [0.1, 0.15) is 6.92 Å². The fraction of sp³-hybridized carbons (Fsp3) is 0.500. The Morgan fingerprint density at radius 2 is 2.38 bits per heavy atom. The molecule has 0 bridgehead atoms. The van der Waals surface area contributed by atoms with Crippen molar-refractivity contribution < 1.29 is 0 Å². The van der Waals surface area contributed by atoms with Crippen molar-refractivity contribution in [2.24, 2.45) is 5.10 Å². The van der Waals surface area contributed by atoms with Crippen molar-refractivity contribution in [2.75, 3.05) is 7.05 Å². The molecule has 0 spiro atoms. The highest BCUT2D eigenvalue weighted by Crippen LogP contribution is 1.60. The molecule has 0 amide bonds. The Morgan fingerprint density at radius 3 is 2.75 bits per heavy atom. The molecule has 2 N–H and O–H groups in total. The first-order valence-corrected chi connectivity index (χ1v) is 2.67. The molecule has 0 aliphatic heterocycles. The van der Waals surface area contributed by atoms with E-state index in [9.17, 15) is 0 Å². The molecule has 0 heterocycles. The first kappa shape index (κ1) is 7.36. The molecule has 0 atom stereocenters. The van der Waals surface area contributed by atoms with Crippen LogP contribution in [0.25, 0.3) is 0 Å². The van der Waals surface area contributed by atoms with Crippen molar-refractivity contribution in [3.63, 3.8) is 0 Å². The summed E-state index contributed by atoms with van der Waals surface area (Å²) >= 11 is 4.68. The van der Waals surface area contributed by atoms with E-state index in [2.05, 4.69) is 28.1 Å². The lowest BCUT2D eigenvalue weighted by Crippen LogP contribution is -2.28. The second-order valence-electron chi connectivity index (χ2n) is 1.08. The zero-order valence-electron chi connectivity index (χ0n) is 4.93. The number of thiocarbonyl (C=S) groups is 1. The van der Waals surface area contributed by atoms with E-state index in [0.717, 1.165) is 0 Å². The first-order chi connectivity index (χ1) is 3.81. The average molecular weight is 131 g/mol. The SMILES string of the molecule is C/C=N\NC(=S)NC. The van der Waals surface area contributed by atoms with Crippen molar-refractivity contribution >= 4 is 23.5 Å². The molecule has 4 heteroatoms. The highest BCUT2D eigenvalue weighted by Gasteiger charge is 1.80. The summed E-state index contributed by atoms with van der Waals surface area (Å²) in [7, 11) is 1.74. The van der Waals surface area contributed by atoms with Crippen LogP contribution < -0.4 is 10.7 Å². The molecule has 3 nitrogen and oxygen atoms in total. The smallest absolute Gasteiger partial charge is 0.186 e. The van der Waals surface area contributed by atoms with Crippen LogP contribution in [-0.2, 0) is 0 Å². The zero-order chi connectivity index (χ0) is 6.41. The second kappa shape index (κ2) is 4.52. The second-order valence-corrected chi connectivity index (χ2v) is 1.49. The van der Waals surface area contributed by atoms with Gasteiger partial charge in [-0.05, 0) is 19.1 Å². The predicted molar refractivity (Wildman–Crippen MR) is 39.0 cm³/mol. The number of hydrogen-bond donors (Lipinski definition) is 2. The molecule has 0 aliphatic rings.